The minimum atomic E-state index is -1.05. The largest absolute Gasteiger partial charge is 0.450 e. The van der Waals surface area contributed by atoms with Crippen LogP contribution in [0.2, 0.25) is 0 Å². The fourth-order valence-corrected chi connectivity index (χ4v) is 2.92. The van der Waals surface area contributed by atoms with Crippen LogP contribution in [0.1, 0.15) is 41.4 Å². The molecule has 2 aromatic carbocycles. The van der Waals surface area contributed by atoms with Gasteiger partial charge in [0, 0.05) is 6.42 Å². The lowest BCUT2D eigenvalue weighted by molar-refractivity contribution is -0.163. The van der Waals surface area contributed by atoms with Crippen molar-refractivity contribution in [2.45, 2.75) is 38.5 Å². The molecule has 1 amide bonds. The maximum absolute atomic E-state index is 12.3. The van der Waals surface area contributed by atoms with E-state index in [0.29, 0.717) is 5.56 Å². The molecule has 0 spiro atoms. The van der Waals surface area contributed by atoms with E-state index < -0.39 is 30.1 Å². The van der Waals surface area contributed by atoms with E-state index in [1.54, 1.807) is 24.3 Å². The monoisotopic (exact) mass is 367 g/mol. The van der Waals surface area contributed by atoms with E-state index in [9.17, 15) is 14.4 Å². The summed E-state index contributed by atoms with van der Waals surface area (Å²) in [5, 5.41) is 2.80. The molecule has 0 radical (unpaired) electrons. The molecule has 27 heavy (non-hydrogen) atoms. The van der Waals surface area contributed by atoms with Crippen LogP contribution < -0.4 is 5.32 Å². The number of rotatable bonds is 5. The first-order valence-corrected chi connectivity index (χ1v) is 8.80. The Kier molecular flexibility index (Phi) is 5.54. The van der Waals surface area contributed by atoms with E-state index in [0.717, 1.165) is 11.1 Å². The smallest absolute Gasteiger partial charge is 0.348 e. The summed E-state index contributed by atoms with van der Waals surface area (Å²) >= 11 is 0. The van der Waals surface area contributed by atoms with Gasteiger partial charge in [0.15, 0.2) is 6.10 Å². The molecule has 0 aliphatic carbocycles. The van der Waals surface area contributed by atoms with Gasteiger partial charge in [0.1, 0.15) is 0 Å². The molecular weight excluding hydrogens is 346 g/mol. The van der Waals surface area contributed by atoms with Crippen LogP contribution in [0.15, 0.2) is 54.6 Å². The summed E-state index contributed by atoms with van der Waals surface area (Å²) in [6.07, 6.45) is -1.82. The predicted molar refractivity (Wildman–Crippen MR) is 97.9 cm³/mol. The van der Waals surface area contributed by atoms with E-state index in [2.05, 4.69) is 5.32 Å². The first-order chi connectivity index (χ1) is 13.0. The number of ether oxygens (including phenoxy) is 2. The fraction of sp³-hybridized carbons (Fsp3) is 0.286. The lowest BCUT2D eigenvalue weighted by Crippen LogP contribution is -2.42. The summed E-state index contributed by atoms with van der Waals surface area (Å²) < 4.78 is 10.4. The Morgan fingerprint density at radius 1 is 1.07 bits per heavy atom. The van der Waals surface area contributed by atoms with E-state index >= 15 is 0 Å². The second-order valence-electron chi connectivity index (χ2n) is 6.48. The molecule has 1 aliphatic heterocycles. The quantitative estimate of drug-likeness (QED) is 0.822. The van der Waals surface area contributed by atoms with Crippen LogP contribution in [0.5, 0.6) is 0 Å². The Bertz CT molecular complexity index is 849. The van der Waals surface area contributed by atoms with Crippen molar-refractivity contribution < 1.29 is 23.9 Å². The van der Waals surface area contributed by atoms with Gasteiger partial charge in [0.2, 0.25) is 6.10 Å². The topological polar surface area (TPSA) is 81.7 Å². The molecule has 0 saturated carbocycles. The summed E-state index contributed by atoms with van der Waals surface area (Å²) in [5.74, 6) is -1.70. The van der Waals surface area contributed by atoms with Gasteiger partial charge in [-0.1, -0.05) is 48.5 Å². The van der Waals surface area contributed by atoms with Crippen LogP contribution in [-0.4, -0.2) is 30.1 Å². The van der Waals surface area contributed by atoms with Crippen molar-refractivity contribution in [3.8, 4) is 0 Å². The summed E-state index contributed by atoms with van der Waals surface area (Å²) in [4.78, 5) is 36.7. The molecule has 6 heteroatoms. The highest BCUT2D eigenvalue weighted by Gasteiger charge is 2.34. The Morgan fingerprint density at radius 2 is 1.74 bits per heavy atom. The maximum atomic E-state index is 12.3. The summed E-state index contributed by atoms with van der Waals surface area (Å²) in [5.41, 5.74) is 2.12. The predicted octanol–water partition coefficient (Wildman–Crippen LogP) is 2.58. The Labute approximate surface area is 157 Å². The summed E-state index contributed by atoms with van der Waals surface area (Å²) in [7, 11) is 0. The number of cyclic esters (lactones) is 1. The third-order valence-electron chi connectivity index (χ3n) is 4.48. The van der Waals surface area contributed by atoms with Crippen LogP contribution in [0.3, 0.4) is 0 Å². The van der Waals surface area contributed by atoms with Crippen LogP contribution in [0.4, 0.5) is 0 Å². The molecule has 0 saturated heterocycles. The van der Waals surface area contributed by atoms with Gasteiger partial charge in [0.05, 0.1) is 11.6 Å². The SMILES string of the molecule is C[C@H](OC(=O)[C@@H]1Cc2ccccc2C(=O)O1)C(=O)N[C@H](C)c1ccccc1. The molecule has 0 aromatic heterocycles. The lowest BCUT2D eigenvalue weighted by atomic mass is 9.99. The molecule has 0 bridgehead atoms. The zero-order chi connectivity index (χ0) is 19.4. The number of carbonyl (C=O) groups excluding carboxylic acids is 3. The molecule has 3 rings (SSSR count). The van der Waals surface area contributed by atoms with Crippen molar-refractivity contribution >= 4 is 17.8 Å². The Hall–Kier alpha value is -3.15. The normalized spacial score (nSPS) is 17.9. The van der Waals surface area contributed by atoms with E-state index in [1.165, 1.54) is 6.92 Å². The zero-order valence-electron chi connectivity index (χ0n) is 15.2. The minimum Gasteiger partial charge on any atom is -0.450 e. The molecule has 0 unspecified atom stereocenters. The molecule has 1 aliphatic rings. The van der Waals surface area contributed by atoms with E-state index in [-0.39, 0.29) is 12.5 Å². The third-order valence-corrected chi connectivity index (χ3v) is 4.48. The molecule has 1 N–H and O–H groups in total. The van der Waals surface area contributed by atoms with E-state index in [1.807, 2.05) is 37.3 Å². The number of fused-ring (bicyclic) bond motifs is 1. The number of hydrogen-bond donors (Lipinski definition) is 1. The van der Waals surface area contributed by atoms with Crippen LogP contribution >= 0.6 is 0 Å². The standard InChI is InChI=1S/C21H21NO5/c1-13(15-8-4-3-5-9-15)22-19(23)14(2)26-21(25)18-12-16-10-6-7-11-17(16)20(24)27-18/h3-11,13-14,18H,12H2,1-2H3,(H,22,23)/t13-,14+,18+/m1/s1. The number of carbonyl (C=O) groups is 3. The van der Waals surface area contributed by atoms with Gasteiger partial charge in [-0.05, 0) is 31.0 Å². The van der Waals surface area contributed by atoms with Gasteiger partial charge < -0.3 is 14.8 Å². The number of nitrogens with one attached hydrogen (secondary N) is 1. The molecule has 140 valence electrons. The first-order valence-electron chi connectivity index (χ1n) is 8.80. The number of amides is 1. The van der Waals surface area contributed by atoms with Crippen molar-refractivity contribution in [1.29, 1.82) is 0 Å². The number of hydrogen-bond acceptors (Lipinski definition) is 5. The molecule has 3 atom stereocenters. The van der Waals surface area contributed by atoms with Crippen LogP contribution in [-0.2, 0) is 25.5 Å². The first kappa shape index (κ1) is 18.6. The third kappa shape index (κ3) is 4.34. The van der Waals surface area contributed by atoms with Crippen molar-refractivity contribution in [3.05, 3.63) is 71.3 Å². The van der Waals surface area contributed by atoms with Gasteiger partial charge in [0.25, 0.3) is 5.91 Å². The second kappa shape index (κ2) is 8.03. The van der Waals surface area contributed by atoms with Gasteiger partial charge in [-0.25, -0.2) is 9.59 Å². The highest BCUT2D eigenvalue weighted by Crippen LogP contribution is 2.21. The van der Waals surface area contributed by atoms with Gasteiger partial charge in [-0.15, -0.1) is 0 Å². The van der Waals surface area contributed by atoms with Gasteiger partial charge in [-0.3, -0.25) is 4.79 Å². The van der Waals surface area contributed by atoms with Crippen molar-refractivity contribution in [2.75, 3.05) is 0 Å². The van der Waals surface area contributed by atoms with Crippen molar-refractivity contribution in [1.82, 2.24) is 5.32 Å². The van der Waals surface area contributed by atoms with Crippen molar-refractivity contribution in [3.63, 3.8) is 0 Å². The molecule has 2 aromatic rings. The number of esters is 2. The fourth-order valence-electron chi connectivity index (χ4n) is 2.92. The summed E-state index contributed by atoms with van der Waals surface area (Å²) in [6, 6.07) is 16.2. The lowest BCUT2D eigenvalue weighted by Gasteiger charge is -2.25. The molecule has 1 heterocycles. The minimum absolute atomic E-state index is 0.223. The highest BCUT2D eigenvalue weighted by molar-refractivity contribution is 5.95. The summed E-state index contributed by atoms with van der Waals surface area (Å²) in [6.45, 7) is 3.34. The second-order valence-corrected chi connectivity index (χ2v) is 6.48. The average molecular weight is 367 g/mol. The van der Waals surface area contributed by atoms with Crippen LogP contribution in [0.25, 0.3) is 0 Å². The van der Waals surface area contributed by atoms with Gasteiger partial charge >= 0.3 is 11.9 Å². The number of benzene rings is 2. The zero-order valence-corrected chi connectivity index (χ0v) is 15.2. The molecule has 0 fully saturated rings. The van der Waals surface area contributed by atoms with E-state index in [4.69, 9.17) is 9.47 Å². The van der Waals surface area contributed by atoms with Gasteiger partial charge in [-0.2, -0.15) is 0 Å². The van der Waals surface area contributed by atoms with Crippen molar-refractivity contribution in [2.24, 2.45) is 0 Å². The maximum Gasteiger partial charge on any atom is 0.348 e. The Balaban J connectivity index is 1.57. The molecular formula is C21H21NO5. The van der Waals surface area contributed by atoms with Crippen LogP contribution in [0, 0.1) is 0 Å². The Morgan fingerprint density at radius 3 is 2.48 bits per heavy atom. The highest BCUT2D eigenvalue weighted by atomic mass is 16.6. The average Bonchev–Trinajstić information content (AvgIpc) is 2.68. The molecule has 6 nitrogen and oxygen atoms in total.